The maximum Gasteiger partial charge on any atom is 0.142 e. The van der Waals surface area contributed by atoms with Gasteiger partial charge in [0.1, 0.15) is 11.6 Å². The first kappa shape index (κ1) is 12.1. The van der Waals surface area contributed by atoms with Crippen molar-refractivity contribution in [2.45, 2.75) is 57.2 Å². The highest BCUT2D eigenvalue weighted by Crippen LogP contribution is 2.17. The predicted molar refractivity (Wildman–Crippen MR) is 62.8 cm³/mol. The van der Waals surface area contributed by atoms with Gasteiger partial charge in [-0.25, -0.2) is 0 Å². The molecule has 0 aromatic rings. The Hall–Kier alpha value is 0.01000. The molecule has 82 valence electrons. The van der Waals surface area contributed by atoms with Gasteiger partial charge in [0.25, 0.3) is 0 Å². The minimum absolute atomic E-state index is 0.251. The fraction of sp³-hybridized carbons (Fsp3) is 0.818. The Labute approximate surface area is 91.3 Å². The molecule has 0 saturated heterocycles. The van der Waals surface area contributed by atoms with Gasteiger partial charge in [0.05, 0.1) is 0 Å². The first-order valence-electron chi connectivity index (χ1n) is 5.70. The second kappa shape index (κ2) is 7.32. The van der Waals surface area contributed by atoms with Gasteiger partial charge in [-0.1, -0.05) is 50.8 Å². The molecular formula is C11H21NOS. The van der Waals surface area contributed by atoms with Crippen molar-refractivity contribution in [3.8, 4) is 0 Å². The Balaban J connectivity index is 1.89. The summed E-state index contributed by atoms with van der Waals surface area (Å²) >= 11 is 1.69. The summed E-state index contributed by atoms with van der Waals surface area (Å²) in [5.74, 6) is 0. The molecular weight excluding hydrogens is 194 g/mol. The molecule has 3 heteroatoms. The molecule has 1 aliphatic heterocycles. The first-order valence-corrected chi connectivity index (χ1v) is 6.64. The van der Waals surface area contributed by atoms with E-state index in [4.69, 9.17) is 0 Å². The zero-order valence-corrected chi connectivity index (χ0v) is 9.81. The van der Waals surface area contributed by atoms with Gasteiger partial charge in [-0.15, -0.1) is 0 Å². The van der Waals surface area contributed by atoms with Gasteiger partial charge in [-0.2, -0.15) is 0 Å². The number of hydrogen-bond donors (Lipinski definition) is 1. The Morgan fingerprint density at radius 3 is 2.57 bits per heavy atom. The van der Waals surface area contributed by atoms with Crippen LogP contribution in [0.1, 0.15) is 51.9 Å². The molecule has 0 saturated carbocycles. The standard InChI is InChI=1S/C11H21NOS/c1-2-3-4-5-6-7-8-11-12(13)9-10-14-11/h9-12H,2-8H2,1H3. The minimum Gasteiger partial charge on any atom is -0.628 e. The summed E-state index contributed by atoms with van der Waals surface area (Å²) < 4.78 is 0. The van der Waals surface area contributed by atoms with Crippen molar-refractivity contribution in [1.29, 1.82) is 0 Å². The van der Waals surface area contributed by atoms with Crippen LogP contribution in [0.25, 0.3) is 0 Å². The summed E-state index contributed by atoms with van der Waals surface area (Å²) in [6.07, 6.45) is 10.7. The molecule has 1 heterocycles. The summed E-state index contributed by atoms with van der Waals surface area (Å²) in [7, 11) is 0. The lowest BCUT2D eigenvalue weighted by Gasteiger charge is -2.21. The van der Waals surface area contributed by atoms with E-state index in [1.54, 1.807) is 18.0 Å². The van der Waals surface area contributed by atoms with Crippen LogP contribution in [0.2, 0.25) is 0 Å². The van der Waals surface area contributed by atoms with E-state index in [1.807, 2.05) is 5.41 Å². The van der Waals surface area contributed by atoms with E-state index in [9.17, 15) is 5.21 Å². The molecule has 0 radical (unpaired) electrons. The molecule has 2 nitrogen and oxygen atoms in total. The normalized spacial score (nSPS) is 25.9. The summed E-state index contributed by atoms with van der Waals surface area (Å²) in [6.45, 7) is 2.24. The number of unbranched alkanes of at least 4 members (excludes halogenated alkanes) is 5. The molecule has 1 rings (SSSR count). The van der Waals surface area contributed by atoms with Crippen molar-refractivity contribution >= 4 is 11.8 Å². The van der Waals surface area contributed by atoms with Gasteiger partial charge >= 0.3 is 0 Å². The molecule has 0 fully saturated rings. The highest BCUT2D eigenvalue weighted by Gasteiger charge is 2.17. The van der Waals surface area contributed by atoms with Crippen LogP contribution in [0.4, 0.5) is 0 Å². The van der Waals surface area contributed by atoms with Crippen molar-refractivity contribution in [2.24, 2.45) is 0 Å². The zero-order valence-electron chi connectivity index (χ0n) is 9.00. The van der Waals surface area contributed by atoms with Gasteiger partial charge < -0.3 is 10.3 Å². The maximum absolute atomic E-state index is 11.2. The summed E-state index contributed by atoms with van der Waals surface area (Å²) in [4.78, 5) is 0. The molecule has 0 bridgehead atoms. The van der Waals surface area contributed by atoms with Crippen LogP contribution < -0.4 is 5.06 Å². The second-order valence-electron chi connectivity index (χ2n) is 3.89. The molecule has 2 atom stereocenters. The van der Waals surface area contributed by atoms with E-state index in [-0.39, 0.29) is 5.37 Å². The van der Waals surface area contributed by atoms with E-state index < -0.39 is 0 Å². The maximum atomic E-state index is 11.2. The molecule has 1 aliphatic rings. The minimum atomic E-state index is 0.251. The number of hydroxylamine groups is 2. The third-order valence-corrected chi connectivity index (χ3v) is 3.70. The van der Waals surface area contributed by atoms with Gasteiger partial charge in [0.15, 0.2) is 0 Å². The van der Waals surface area contributed by atoms with Crippen LogP contribution in [0.15, 0.2) is 11.6 Å². The number of rotatable bonds is 7. The lowest BCUT2D eigenvalue weighted by Crippen LogP contribution is -3.04. The van der Waals surface area contributed by atoms with Crippen molar-refractivity contribution in [2.75, 3.05) is 0 Å². The number of nitrogens with one attached hydrogen (secondary N) is 1. The van der Waals surface area contributed by atoms with Crippen LogP contribution in [0, 0.1) is 5.21 Å². The Morgan fingerprint density at radius 1 is 1.21 bits per heavy atom. The fourth-order valence-electron chi connectivity index (χ4n) is 1.70. The van der Waals surface area contributed by atoms with E-state index in [1.165, 1.54) is 38.5 Å². The molecule has 0 amide bonds. The van der Waals surface area contributed by atoms with Crippen molar-refractivity contribution in [3.63, 3.8) is 0 Å². The highest BCUT2D eigenvalue weighted by atomic mass is 32.2. The van der Waals surface area contributed by atoms with Crippen molar-refractivity contribution in [1.82, 2.24) is 0 Å². The second-order valence-corrected chi connectivity index (χ2v) is 5.00. The monoisotopic (exact) mass is 215 g/mol. The topological polar surface area (TPSA) is 27.5 Å². The van der Waals surface area contributed by atoms with Crippen molar-refractivity contribution in [3.05, 3.63) is 16.8 Å². The quantitative estimate of drug-likeness (QED) is 0.522. The Morgan fingerprint density at radius 2 is 1.93 bits per heavy atom. The summed E-state index contributed by atoms with van der Waals surface area (Å²) in [5.41, 5.74) is 0. The molecule has 1 N–H and O–H groups in total. The molecule has 14 heavy (non-hydrogen) atoms. The molecule has 0 aliphatic carbocycles. The van der Waals surface area contributed by atoms with E-state index in [0.29, 0.717) is 5.06 Å². The third kappa shape index (κ3) is 4.49. The van der Waals surface area contributed by atoms with Crippen LogP contribution in [0.5, 0.6) is 0 Å². The smallest absolute Gasteiger partial charge is 0.142 e. The molecule has 0 spiro atoms. The lowest BCUT2D eigenvalue weighted by atomic mass is 10.1. The molecule has 2 unspecified atom stereocenters. The molecule has 0 aromatic carbocycles. The van der Waals surface area contributed by atoms with Gasteiger partial charge in [-0.05, 0) is 6.42 Å². The highest BCUT2D eigenvalue weighted by molar-refractivity contribution is 8.02. The van der Waals surface area contributed by atoms with Crippen LogP contribution in [0.3, 0.4) is 0 Å². The van der Waals surface area contributed by atoms with Crippen LogP contribution in [-0.4, -0.2) is 5.37 Å². The average molecular weight is 215 g/mol. The average Bonchev–Trinajstić information content (AvgIpc) is 2.58. The lowest BCUT2D eigenvalue weighted by molar-refractivity contribution is -0.800. The van der Waals surface area contributed by atoms with Gasteiger partial charge in [0, 0.05) is 11.8 Å². The SMILES string of the molecule is CCCCCCCCC1SC=C[NH+]1[O-]. The summed E-state index contributed by atoms with van der Waals surface area (Å²) in [5, 5.41) is 13.7. The summed E-state index contributed by atoms with van der Waals surface area (Å²) in [6, 6.07) is 0. The first-order chi connectivity index (χ1) is 6.84. The largest absolute Gasteiger partial charge is 0.628 e. The third-order valence-electron chi connectivity index (χ3n) is 2.61. The number of quaternary nitrogens is 1. The van der Waals surface area contributed by atoms with E-state index in [0.717, 1.165) is 6.42 Å². The Kier molecular flexibility index (Phi) is 6.32. The number of hydrogen-bond acceptors (Lipinski definition) is 2. The zero-order chi connectivity index (χ0) is 10.2. The Bertz CT molecular complexity index is 173. The van der Waals surface area contributed by atoms with Gasteiger partial charge in [-0.3, -0.25) is 0 Å². The molecule has 0 aromatic heterocycles. The fourth-order valence-corrected chi connectivity index (χ4v) is 2.61. The van der Waals surface area contributed by atoms with Crippen LogP contribution in [-0.2, 0) is 0 Å². The van der Waals surface area contributed by atoms with E-state index >= 15 is 0 Å². The van der Waals surface area contributed by atoms with Crippen molar-refractivity contribution < 1.29 is 5.06 Å². The predicted octanol–water partition coefficient (Wildman–Crippen LogP) is 2.66. The number of thioether (sulfide) groups is 1. The van der Waals surface area contributed by atoms with E-state index in [2.05, 4.69) is 6.92 Å². The van der Waals surface area contributed by atoms with Gasteiger partial charge in [0.2, 0.25) is 0 Å². The van der Waals surface area contributed by atoms with Crippen LogP contribution >= 0.6 is 11.8 Å².